The number of rotatable bonds is 4. The Morgan fingerprint density at radius 2 is 1.85 bits per heavy atom. The van der Waals surface area contributed by atoms with Crippen LogP contribution in [0.5, 0.6) is 0 Å². The van der Waals surface area contributed by atoms with Crippen molar-refractivity contribution in [2.75, 3.05) is 11.9 Å². The van der Waals surface area contributed by atoms with E-state index >= 15 is 0 Å². The van der Waals surface area contributed by atoms with E-state index in [9.17, 15) is 4.79 Å². The summed E-state index contributed by atoms with van der Waals surface area (Å²) in [5.41, 5.74) is 1.11. The molecule has 0 atom stereocenters. The van der Waals surface area contributed by atoms with Crippen LogP contribution in [-0.2, 0) is 6.42 Å². The van der Waals surface area contributed by atoms with Gasteiger partial charge in [0.05, 0.1) is 4.47 Å². The number of amides is 2. The molecule has 0 unspecified atom stereocenters. The molecule has 2 aromatic rings. The van der Waals surface area contributed by atoms with Gasteiger partial charge in [-0.2, -0.15) is 0 Å². The molecule has 0 radical (unpaired) electrons. The van der Waals surface area contributed by atoms with E-state index in [1.807, 2.05) is 24.3 Å². The van der Waals surface area contributed by atoms with Gasteiger partial charge >= 0.3 is 6.03 Å². The number of aromatic nitrogens is 2. The fraction of sp³-hybridized carbons (Fsp3) is 0.154. The van der Waals surface area contributed by atoms with Crippen molar-refractivity contribution in [2.45, 2.75) is 6.42 Å². The zero-order valence-electron chi connectivity index (χ0n) is 10.4. The molecule has 7 heteroatoms. The molecule has 1 aromatic heterocycles. The molecule has 0 aliphatic rings. The normalized spacial score (nSPS) is 10.1. The summed E-state index contributed by atoms with van der Waals surface area (Å²) in [6, 6.07) is 7.18. The lowest BCUT2D eigenvalue weighted by molar-refractivity contribution is 0.252. The van der Waals surface area contributed by atoms with Gasteiger partial charge in [0.15, 0.2) is 0 Å². The number of benzene rings is 1. The average Bonchev–Trinajstić information content (AvgIpc) is 2.44. The van der Waals surface area contributed by atoms with Gasteiger partial charge in [0, 0.05) is 24.0 Å². The maximum Gasteiger partial charge on any atom is 0.321 e. The minimum Gasteiger partial charge on any atom is -0.337 e. The van der Waals surface area contributed by atoms with E-state index in [1.165, 1.54) is 0 Å². The van der Waals surface area contributed by atoms with Gasteiger partial charge in [0.25, 0.3) is 0 Å². The van der Waals surface area contributed by atoms with Gasteiger partial charge in [-0.3, -0.25) is 5.32 Å². The molecule has 0 aliphatic carbocycles. The minimum atomic E-state index is -0.332. The molecule has 2 amide bonds. The van der Waals surface area contributed by atoms with E-state index in [2.05, 4.69) is 36.5 Å². The second-order valence-electron chi connectivity index (χ2n) is 3.98. The first-order valence-electron chi connectivity index (χ1n) is 5.90. The summed E-state index contributed by atoms with van der Waals surface area (Å²) >= 11 is 9.02. The molecule has 1 aromatic carbocycles. The Labute approximate surface area is 129 Å². The molecule has 104 valence electrons. The third-order valence-electron chi connectivity index (χ3n) is 2.46. The lowest BCUT2D eigenvalue weighted by Crippen LogP contribution is -2.31. The third-order valence-corrected chi connectivity index (χ3v) is 3.12. The smallest absolute Gasteiger partial charge is 0.321 e. The van der Waals surface area contributed by atoms with Crippen LogP contribution in [0.1, 0.15) is 5.56 Å². The number of nitrogens with one attached hydrogen (secondary N) is 2. The van der Waals surface area contributed by atoms with E-state index in [0.29, 0.717) is 11.6 Å². The Morgan fingerprint density at radius 3 is 2.50 bits per heavy atom. The van der Waals surface area contributed by atoms with Crippen molar-refractivity contribution >= 4 is 39.5 Å². The van der Waals surface area contributed by atoms with Crippen LogP contribution in [-0.4, -0.2) is 22.5 Å². The van der Waals surface area contributed by atoms with Crippen molar-refractivity contribution in [3.63, 3.8) is 0 Å². The topological polar surface area (TPSA) is 66.9 Å². The number of carbonyl (C=O) groups is 1. The van der Waals surface area contributed by atoms with Gasteiger partial charge in [-0.15, -0.1) is 0 Å². The van der Waals surface area contributed by atoms with Crippen LogP contribution in [0.25, 0.3) is 0 Å². The van der Waals surface area contributed by atoms with Crippen LogP contribution in [0.3, 0.4) is 0 Å². The number of carbonyl (C=O) groups excluding carboxylic acids is 1. The zero-order valence-corrected chi connectivity index (χ0v) is 12.8. The van der Waals surface area contributed by atoms with Crippen LogP contribution in [0.2, 0.25) is 5.02 Å². The van der Waals surface area contributed by atoms with Crippen LogP contribution in [0, 0.1) is 0 Å². The molecule has 1 heterocycles. The Bertz CT molecular complexity index is 574. The number of halogens is 2. The SMILES string of the molecule is O=C(NCCc1ccc(Cl)cc1)Nc1ncc(Br)cn1. The fourth-order valence-electron chi connectivity index (χ4n) is 1.49. The van der Waals surface area contributed by atoms with Crippen molar-refractivity contribution in [2.24, 2.45) is 0 Å². The molecule has 0 saturated heterocycles. The van der Waals surface area contributed by atoms with Crippen molar-refractivity contribution in [1.82, 2.24) is 15.3 Å². The molecule has 0 fully saturated rings. The number of urea groups is 1. The lowest BCUT2D eigenvalue weighted by atomic mass is 10.1. The predicted octanol–water partition coefficient (Wildman–Crippen LogP) is 3.26. The first-order valence-corrected chi connectivity index (χ1v) is 7.07. The van der Waals surface area contributed by atoms with Crippen LogP contribution < -0.4 is 10.6 Å². The second kappa shape index (κ2) is 7.21. The summed E-state index contributed by atoms with van der Waals surface area (Å²) in [6.07, 6.45) is 3.86. The van der Waals surface area contributed by atoms with Crippen molar-refractivity contribution in [3.8, 4) is 0 Å². The Balaban J connectivity index is 1.75. The van der Waals surface area contributed by atoms with Gasteiger partial charge < -0.3 is 5.32 Å². The molecular weight excluding hydrogens is 344 g/mol. The predicted molar refractivity (Wildman–Crippen MR) is 81.9 cm³/mol. The maximum absolute atomic E-state index is 11.6. The molecular formula is C13H12BrClN4O. The van der Waals surface area contributed by atoms with Crippen molar-refractivity contribution in [3.05, 3.63) is 51.7 Å². The highest BCUT2D eigenvalue weighted by atomic mass is 79.9. The van der Waals surface area contributed by atoms with Crippen LogP contribution in [0.15, 0.2) is 41.1 Å². The van der Waals surface area contributed by atoms with E-state index in [1.54, 1.807) is 12.4 Å². The number of hydrogen-bond donors (Lipinski definition) is 2. The minimum absolute atomic E-state index is 0.261. The Kier molecular flexibility index (Phi) is 5.31. The number of anilines is 1. The van der Waals surface area contributed by atoms with E-state index in [0.717, 1.165) is 16.5 Å². The summed E-state index contributed by atoms with van der Waals surface area (Å²) in [7, 11) is 0. The molecule has 0 saturated carbocycles. The quantitative estimate of drug-likeness (QED) is 0.884. The van der Waals surface area contributed by atoms with E-state index < -0.39 is 0 Å². The van der Waals surface area contributed by atoms with Gasteiger partial charge in [0.2, 0.25) is 5.95 Å². The molecule has 0 spiro atoms. The number of hydrogen-bond acceptors (Lipinski definition) is 3. The summed E-state index contributed by atoms with van der Waals surface area (Å²) in [6.45, 7) is 0.518. The molecule has 0 bridgehead atoms. The summed E-state index contributed by atoms with van der Waals surface area (Å²) in [5, 5.41) is 5.99. The molecule has 2 rings (SSSR count). The van der Waals surface area contributed by atoms with Gasteiger partial charge in [-0.25, -0.2) is 14.8 Å². The summed E-state index contributed by atoms with van der Waals surface area (Å²) in [5.74, 6) is 0.261. The van der Waals surface area contributed by atoms with Crippen molar-refractivity contribution in [1.29, 1.82) is 0 Å². The molecule has 2 N–H and O–H groups in total. The Hall–Kier alpha value is -1.66. The van der Waals surface area contributed by atoms with Crippen LogP contribution >= 0.6 is 27.5 Å². The first-order chi connectivity index (χ1) is 9.63. The van der Waals surface area contributed by atoms with Gasteiger partial charge in [0.1, 0.15) is 0 Å². The first kappa shape index (κ1) is 14.7. The zero-order chi connectivity index (χ0) is 14.4. The van der Waals surface area contributed by atoms with E-state index in [-0.39, 0.29) is 12.0 Å². The highest BCUT2D eigenvalue weighted by Crippen LogP contribution is 2.09. The number of nitrogens with zero attached hydrogens (tertiary/aromatic N) is 2. The average molecular weight is 356 g/mol. The highest BCUT2D eigenvalue weighted by Gasteiger charge is 2.03. The lowest BCUT2D eigenvalue weighted by Gasteiger charge is -2.06. The van der Waals surface area contributed by atoms with Crippen LogP contribution in [0.4, 0.5) is 10.7 Å². The monoisotopic (exact) mass is 354 g/mol. The maximum atomic E-state index is 11.6. The standard InChI is InChI=1S/C13H12BrClN4O/c14-10-7-17-12(18-8-10)19-13(20)16-6-5-9-1-3-11(15)4-2-9/h1-4,7-8H,5-6H2,(H2,16,17,18,19,20). The largest absolute Gasteiger partial charge is 0.337 e. The fourth-order valence-corrected chi connectivity index (χ4v) is 1.82. The van der Waals surface area contributed by atoms with E-state index in [4.69, 9.17) is 11.6 Å². The molecule has 20 heavy (non-hydrogen) atoms. The second-order valence-corrected chi connectivity index (χ2v) is 5.33. The van der Waals surface area contributed by atoms with Crippen molar-refractivity contribution < 1.29 is 4.79 Å². The van der Waals surface area contributed by atoms with Gasteiger partial charge in [-0.05, 0) is 40.0 Å². The Morgan fingerprint density at radius 1 is 1.20 bits per heavy atom. The van der Waals surface area contributed by atoms with Gasteiger partial charge in [-0.1, -0.05) is 23.7 Å². The molecule has 0 aliphatic heterocycles. The summed E-state index contributed by atoms with van der Waals surface area (Å²) < 4.78 is 0.756. The summed E-state index contributed by atoms with van der Waals surface area (Å²) in [4.78, 5) is 19.5. The third kappa shape index (κ3) is 4.79. The highest BCUT2D eigenvalue weighted by molar-refractivity contribution is 9.10. The molecule has 5 nitrogen and oxygen atoms in total.